The van der Waals surface area contributed by atoms with Crippen LogP contribution in [-0.4, -0.2) is 42.6 Å². The SMILES string of the molecule is NCCN(Cc1ccccc1)S(=O)(=O)CC(=O)O. The van der Waals surface area contributed by atoms with Crippen LogP contribution in [0.5, 0.6) is 0 Å². The molecule has 0 amide bonds. The molecule has 100 valence electrons. The molecule has 0 aromatic heterocycles. The van der Waals surface area contributed by atoms with Crippen molar-refractivity contribution in [3.8, 4) is 0 Å². The van der Waals surface area contributed by atoms with Gasteiger partial charge in [0.05, 0.1) is 0 Å². The monoisotopic (exact) mass is 272 g/mol. The van der Waals surface area contributed by atoms with Crippen molar-refractivity contribution < 1.29 is 18.3 Å². The number of carboxylic acid groups (broad SMARTS) is 1. The van der Waals surface area contributed by atoms with Gasteiger partial charge in [0.2, 0.25) is 10.0 Å². The maximum atomic E-state index is 11.8. The van der Waals surface area contributed by atoms with Crippen molar-refractivity contribution >= 4 is 16.0 Å². The number of carboxylic acids is 1. The number of sulfonamides is 1. The van der Waals surface area contributed by atoms with Gasteiger partial charge >= 0.3 is 5.97 Å². The van der Waals surface area contributed by atoms with Crippen LogP contribution < -0.4 is 5.73 Å². The average molecular weight is 272 g/mol. The van der Waals surface area contributed by atoms with Crippen molar-refractivity contribution in [3.63, 3.8) is 0 Å². The van der Waals surface area contributed by atoms with E-state index in [-0.39, 0.29) is 19.6 Å². The van der Waals surface area contributed by atoms with Crippen molar-refractivity contribution in [2.45, 2.75) is 6.54 Å². The summed E-state index contributed by atoms with van der Waals surface area (Å²) in [5.74, 6) is -2.29. The molecule has 1 aromatic rings. The molecule has 0 aliphatic rings. The Bertz CT molecular complexity index is 487. The Morgan fingerprint density at radius 3 is 2.39 bits per heavy atom. The summed E-state index contributed by atoms with van der Waals surface area (Å²) in [6.07, 6.45) is 0. The van der Waals surface area contributed by atoms with Gasteiger partial charge in [0, 0.05) is 19.6 Å². The Kier molecular flexibility index (Phi) is 5.26. The van der Waals surface area contributed by atoms with Gasteiger partial charge in [0.1, 0.15) is 0 Å². The zero-order valence-electron chi connectivity index (χ0n) is 9.82. The minimum atomic E-state index is -3.83. The lowest BCUT2D eigenvalue weighted by Crippen LogP contribution is -2.38. The normalized spacial score (nSPS) is 11.7. The van der Waals surface area contributed by atoms with Crippen molar-refractivity contribution in [1.82, 2.24) is 4.31 Å². The average Bonchev–Trinajstić information content (AvgIpc) is 2.28. The fraction of sp³-hybridized carbons (Fsp3) is 0.364. The van der Waals surface area contributed by atoms with E-state index in [1.165, 1.54) is 0 Å². The summed E-state index contributed by atoms with van der Waals surface area (Å²) in [4.78, 5) is 10.5. The minimum absolute atomic E-state index is 0.102. The van der Waals surface area contributed by atoms with Crippen LogP contribution in [0.3, 0.4) is 0 Å². The molecule has 0 unspecified atom stereocenters. The van der Waals surface area contributed by atoms with Crippen molar-refractivity contribution in [1.29, 1.82) is 0 Å². The lowest BCUT2D eigenvalue weighted by atomic mass is 10.2. The number of benzene rings is 1. The van der Waals surface area contributed by atoms with Crippen molar-refractivity contribution in [2.75, 3.05) is 18.8 Å². The van der Waals surface area contributed by atoms with Gasteiger partial charge < -0.3 is 10.8 Å². The van der Waals surface area contributed by atoms with E-state index in [1.807, 2.05) is 6.07 Å². The molecule has 3 N–H and O–H groups in total. The van der Waals surface area contributed by atoms with E-state index in [9.17, 15) is 13.2 Å². The Balaban J connectivity index is 2.86. The van der Waals surface area contributed by atoms with E-state index >= 15 is 0 Å². The third-order valence-corrected chi connectivity index (χ3v) is 3.99. The number of nitrogens with zero attached hydrogens (tertiary/aromatic N) is 1. The summed E-state index contributed by atoms with van der Waals surface area (Å²) in [7, 11) is -3.83. The highest BCUT2D eigenvalue weighted by Crippen LogP contribution is 2.09. The van der Waals surface area contributed by atoms with Gasteiger partial charge in [-0.2, -0.15) is 4.31 Å². The zero-order valence-corrected chi connectivity index (χ0v) is 10.6. The third-order valence-electron chi connectivity index (χ3n) is 2.28. The molecule has 0 spiro atoms. The topological polar surface area (TPSA) is 101 Å². The highest BCUT2D eigenvalue weighted by molar-refractivity contribution is 7.89. The molecule has 1 aromatic carbocycles. The quantitative estimate of drug-likeness (QED) is 0.719. The summed E-state index contributed by atoms with van der Waals surface area (Å²) in [5, 5.41) is 8.60. The lowest BCUT2D eigenvalue weighted by molar-refractivity contribution is -0.134. The smallest absolute Gasteiger partial charge is 0.320 e. The van der Waals surface area contributed by atoms with E-state index in [4.69, 9.17) is 10.8 Å². The first-order valence-corrected chi connectivity index (χ1v) is 7.00. The van der Waals surface area contributed by atoms with Crippen molar-refractivity contribution in [3.05, 3.63) is 35.9 Å². The molecule has 0 bridgehead atoms. The summed E-state index contributed by atoms with van der Waals surface area (Å²) in [6, 6.07) is 8.96. The Morgan fingerprint density at radius 2 is 1.89 bits per heavy atom. The van der Waals surface area contributed by atoms with E-state index in [2.05, 4.69) is 0 Å². The predicted octanol–water partition coefficient (Wildman–Crippen LogP) is -0.138. The molecule has 0 aliphatic carbocycles. The van der Waals surface area contributed by atoms with E-state index < -0.39 is 21.7 Å². The fourth-order valence-corrected chi connectivity index (χ4v) is 2.72. The van der Waals surface area contributed by atoms with Crippen molar-refractivity contribution in [2.24, 2.45) is 5.73 Å². The molecule has 0 atom stereocenters. The molecule has 0 heterocycles. The fourth-order valence-electron chi connectivity index (χ4n) is 1.49. The van der Waals surface area contributed by atoms with Gasteiger partial charge in [-0.05, 0) is 5.56 Å². The highest BCUT2D eigenvalue weighted by Gasteiger charge is 2.24. The predicted molar refractivity (Wildman–Crippen MR) is 67.3 cm³/mol. The van der Waals surface area contributed by atoms with Crippen LogP contribution in [0.2, 0.25) is 0 Å². The van der Waals surface area contributed by atoms with Crippen LogP contribution in [-0.2, 0) is 21.4 Å². The molecule has 0 fully saturated rings. The van der Waals surface area contributed by atoms with Gasteiger partial charge in [-0.25, -0.2) is 8.42 Å². The van der Waals surface area contributed by atoms with Gasteiger partial charge in [-0.3, -0.25) is 4.79 Å². The number of carbonyl (C=O) groups is 1. The van der Waals surface area contributed by atoms with Crippen LogP contribution >= 0.6 is 0 Å². The number of rotatable bonds is 7. The number of hydrogen-bond acceptors (Lipinski definition) is 4. The molecule has 6 nitrogen and oxygen atoms in total. The van der Waals surface area contributed by atoms with Crippen LogP contribution in [0.1, 0.15) is 5.56 Å². The largest absolute Gasteiger partial charge is 0.480 e. The number of nitrogens with two attached hydrogens (primary N) is 1. The Hall–Kier alpha value is -1.44. The molecular weight excluding hydrogens is 256 g/mol. The third kappa shape index (κ3) is 4.44. The summed E-state index contributed by atoms with van der Waals surface area (Å²) in [6.45, 7) is 0.379. The first kappa shape index (κ1) is 14.6. The first-order valence-electron chi connectivity index (χ1n) is 5.39. The molecular formula is C11H16N2O4S. The van der Waals surface area contributed by atoms with E-state index in [0.717, 1.165) is 9.87 Å². The van der Waals surface area contributed by atoms with Gasteiger partial charge in [0.15, 0.2) is 5.75 Å². The van der Waals surface area contributed by atoms with Gasteiger partial charge in [-0.15, -0.1) is 0 Å². The van der Waals surface area contributed by atoms with Gasteiger partial charge in [-0.1, -0.05) is 30.3 Å². The second-order valence-corrected chi connectivity index (χ2v) is 5.73. The van der Waals surface area contributed by atoms with Crippen LogP contribution in [0.15, 0.2) is 30.3 Å². The Labute approximate surface area is 106 Å². The highest BCUT2D eigenvalue weighted by atomic mass is 32.2. The molecule has 0 radical (unpaired) electrons. The van der Waals surface area contributed by atoms with E-state index in [0.29, 0.717) is 0 Å². The number of hydrogen-bond donors (Lipinski definition) is 2. The van der Waals surface area contributed by atoms with Crippen LogP contribution in [0.25, 0.3) is 0 Å². The standard InChI is InChI=1S/C11H16N2O4S/c12-6-7-13(18(16,17)9-11(14)15)8-10-4-2-1-3-5-10/h1-5H,6-9,12H2,(H,14,15). The molecule has 1 rings (SSSR count). The van der Waals surface area contributed by atoms with Gasteiger partial charge in [0.25, 0.3) is 0 Å². The summed E-state index contributed by atoms with van der Waals surface area (Å²) >= 11 is 0. The minimum Gasteiger partial charge on any atom is -0.480 e. The second-order valence-electron chi connectivity index (χ2n) is 3.76. The summed E-state index contributed by atoms with van der Waals surface area (Å²) in [5.41, 5.74) is 6.15. The van der Waals surface area contributed by atoms with Crippen LogP contribution in [0.4, 0.5) is 0 Å². The number of aliphatic carboxylic acids is 1. The molecule has 0 aliphatic heterocycles. The maximum Gasteiger partial charge on any atom is 0.320 e. The lowest BCUT2D eigenvalue weighted by Gasteiger charge is -2.20. The molecule has 0 saturated carbocycles. The molecule has 18 heavy (non-hydrogen) atoms. The molecule has 0 saturated heterocycles. The van der Waals surface area contributed by atoms with Crippen LogP contribution in [0, 0.1) is 0 Å². The Morgan fingerprint density at radius 1 is 1.28 bits per heavy atom. The maximum absolute atomic E-state index is 11.8. The molecule has 7 heteroatoms. The summed E-state index contributed by atoms with van der Waals surface area (Å²) < 4.78 is 24.7. The first-order chi connectivity index (χ1) is 8.45. The second kappa shape index (κ2) is 6.48. The van der Waals surface area contributed by atoms with E-state index in [1.54, 1.807) is 24.3 Å². The zero-order chi connectivity index (χ0) is 13.6.